The fraction of sp³-hybridized carbons (Fsp3) is 0.217. The van der Waals surface area contributed by atoms with Gasteiger partial charge in [0.05, 0.1) is 5.69 Å². The van der Waals surface area contributed by atoms with Crippen LogP contribution in [0.5, 0.6) is 0 Å². The van der Waals surface area contributed by atoms with Gasteiger partial charge in [-0.1, -0.05) is 24.3 Å². The molecule has 0 saturated heterocycles. The molecule has 5 nitrogen and oxygen atoms in total. The summed E-state index contributed by atoms with van der Waals surface area (Å²) < 4.78 is 0. The van der Waals surface area contributed by atoms with Crippen molar-refractivity contribution in [1.29, 1.82) is 0 Å². The van der Waals surface area contributed by atoms with Crippen LogP contribution in [-0.2, 0) is 4.79 Å². The van der Waals surface area contributed by atoms with Gasteiger partial charge in [0.1, 0.15) is 6.54 Å². The number of amides is 2. The molecule has 3 aromatic rings. The molecule has 2 amide bonds. The normalized spacial score (nSPS) is 12.5. The third-order valence-corrected chi connectivity index (χ3v) is 5.23. The van der Waals surface area contributed by atoms with Crippen LogP contribution >= 0.6 is 0 Å². The van der Waals surface area contributed by atoms with E-state index >= 15 is 0 Å². The Bertz CT molecular complexity index is 1030. The Kier molecular flexibility index (Phi) is 4.74. The molecule has 4 rings (SSSR count). The van der Waals surface area contributed by atoms with Crippen molar-refractivity contribution in [3.8, 4) is 0 Å². The predicted molar refractivity (Wildman–Crippen MR) is 114 cm³/mol. The second-order valence-corrected chi connectivity index (χ2v) is 6.84. The standard InChI is InChI=1S/C23H23N3O2/c1-3-25(4-2)18-13-11-17(12-14-18)24-21(27)15-26-20-10-6-8-16-7-5-9-19(22(16)20)23(26)28/h5-14H,3-4,15H2,1-2H3,(H,24,27). The van der Waals surface area contributed by atoms with Gasteiger partial charge in [0.2, 0.25) is 5.91 Å². The zero-order valence-corrected chi connectivity index (χ0v) is 16.1. The highest BCUT2D eigenvalue weighted by atomic mass is 16.2. The summed E-state index contributed by atoms with van der Waals surface area (Å²) >= 11 is 0. The van der Waals surface area contributed by atoms with Gasteiger partial charge < -0.3 is 10.2 Å². The molecule has 28 heavy (non-hydrogen) atoms. The minimum Gasteiger partial charge on any atom is -0.372 e. The van der Waals surface area contributed by atoms with E-state index in [9.17, 15) is 9.59 Å². The largest absolute Gasteiger partial charge is 0.372 e. The van der Waals surface area contributed by atoms with Gasteiger partial charge in [-0.2, -0.15) is 0 Å². The van der Waals surface area contributed by atoms with Gasteiger partial charge >= 0.3 is 0 Å². The fourth-order valence-electron chi connectivity index (χ4n) is 3.82. The predicted octanol–water partition coefficient (Wildman–Crippen LogP) is 4.28. The SMILES string of the molecule is CCN(CC)c1ccc(NC(=O)CN2C(=O)c3cccc4cccc2c34)cc1. The van der Waals surface area contributed by atoms with E-state index in [4.69, 9.17) is 0 Å². The highest BCUT2D eigenvalue weighted by Gasteiger charge is 2.30. The molecule has 3 aromatic carbocycles. The number of benzene rings is 3. The average Bonchev–Trinajstić information content (AvgIpc) is 2.98. The van der Waals surface area contributed by atoms with Crippen LogP contribution < -0.4 is 15.1 Å². The summed E-state index contributed by atoms with van der Waals surface area (Å²) in [5.41, 5.74) is 3.30. The van der Waals surface area contributed by atoms with Crippen molar-refractivity contribution in [2.45, 2.75) is 13.8 Å². The maximum Gasteiger partial charge on any atom is 0.259 e. The van der Waals surface area contributed by atoms with Crippen LogP contribution in [0.25, 0.3) is 10.8 Å². The summed E-state index contributed by atoms with van der Waals surface area (Å²) in [5.74, 6) is -0.340. The molecule has 0 spiro atoms. The number of anilines is 3. The molecule has 142 valence electrons. The highest BCUT2D eigenvalue weighted by Crippen LogP contribution is 2.36. The number of hydrogen-bond acceptors (Lipinski definition) is 3. The van der Waals surface area contributed by atoms with Gasteiger partial charge in [-0.05, 0) is 55.6 Å². The minimum absolute atomic E-state index is 0.00950. The molecule has 0 unspecified atom stereocenters. The maximum atomic E-state index is 12.8. The molecule has 0 bridgehead atoms. The first kappa shape index (κ1) is 18.0. The number of nitrogens with zero attached hydrogens (tertiary/aromatic N) is 2. The van der Waals surface area contributed by atoms with Crippen LogP contribution in [0.2, 0.25) is 0 Å². The summed E-state index contributed by atoms with van der Waals surface area (Å²) in [6.45, 7) is 6.09. The molecule has 0 aromatic heterocycles. The van der Waals surface area contributed by atoms with Crippen molar-refractivity contribution in [1.82, 2.24) is 0 Å². The van der Waals surface area contributed by atoms with Crippen molar-refractivity contribution in [3.05, 3.63) is 66.2 Å². The average molecular weight is 373 g/mol. The van der Waals surface area contributed by atoms with Crippen molar-refractivity contribution >= 4 is 39.6 Å². The molecule has 5 heteroatoms. The van der Waals surface area contributed by atoms with Gasteiger partial charge in [-0.3, -0.25) is 14.5 Å². The summed E-state index contributed by atoms with van der Waals surface area (Å²) in [5, 5.41) is 4.83. The first-order valence-electron chi connectivity index (χ1n) is 9.60. The Labute approximate surface area is 164 Å². The molecular weight excluding hydrogens is 350 g/mol. The zero-order chi connectivity index (χ0) is 19.7. The Morgan fingerprint density at radius 1 is 0.964 bits per heavy atom. The molecule has 0 aliphatic carbocycles. The van der Waals surface area contributed by atoms with Gasteiger partial charge in [-0.25, -0.2) is 0 Å². The fourth-order valence-corrected chi connectivity index (χ4v) is 3.82. The minimum atomic E-state index is -0.214. The van der Waals surface area contributed by atoms with Crippen LogP contribution in [0.4, 0.5) is 17.1 Å². The van der Waals surface area contributed by atoms with E-state index in [0.29, 0.717) is 5.56 Å². The number of carbonyl (C=O) groups excluding carboxylic acids is 2. The van der Waals surface area contributed by atoms with E-state index < -0.39 is 0 Å². The van der Waals surface area contributed by atoms with Crippen molar-refractivity contribution in [2.24, 2.45) is 0 Å². The van der Waals surface area contributed by atoms with Crippen LogP contribution in [0.15, 0.2) is 60.7 Å². The van der Waals surface area contributed by atoms with Crippen LogP contribution in [0.1, 0.15) is 24.2 Å². The maximum absolute atomic E-state index is 12.8. The lowest BCUT2D eigenvalue weighted by Crippen LogP contribution is -2.35. The molecule has 0 saturated carbocycles. The molecular formula is C23H23N3O2. The number of rotatable bonds is 6. The van der Waals surface area contributed by atoms with Gasteiger partial charge in [0.15, 0.2) is 0 Å². The summed E-state index contributed by atoms with van der Waals surface area (Å²) in [6.07, 6.45) is 0. The van der Waals surface area contributed by atoms with E-state index in [-0.39, 0.29) is 18.4 Å². The molecule has 0 atom stereocenters. The molecule has 0 radical (unpaired) electrons. The van der Waals surface area contributed by atoms with Crippen molar-refractivity contribution < 1.29 is 9.59 Å². The van der Waals surface area contributed by atoms with E-state index in [0.717, 1.165) is 40.9 Å². The summed E-state index contributed by atoms with van der Waals surface area (Å²) in [7, 11) is 0. The lowest BCUT2D eigenvalue weighted by molar-refractivity contribution is -0.114. The second-order valence-electron chi connectivity index (χ2n) is 6.84. The molecule has 1 heterocycles. The lowest BCUT2D eigenvalue weighted by Gasteiger charge is -2.21. The molecule has 0 fully saturated rings. The molecule has 1 N–H and O–H groups in total. The van der Waals surface area contributed by atoms with E-state index in [1.807, 2.05) is 60.7 Å². The van der Waals surface area contributed by atoms with Crippen LogP contribution in [0.3, 0.4) is 0 Å². The van der Waals surface area contributed by atoms with Crippen LogP contribution in [0, 0.1) is 0 Å². The summed E-state index contributed by atoms with van der Waals surface area (Å²) in [4.78, 5) is 29.2. The van der Waals surface area contributed by atoms with Crippen molar-refractivity contribution in [3.63, 3.8) is 0 Å². The van der Waals surface area contributed by atoms with Gasteiger partial charge in [-0.15, -0.1) is 0 Å². The van der Waals surface area contributed by atoms with Gasteiger partial charge in [0.25, 0.3) is 5.91 Å². The smallest absolute Gasteiger partial charge is 0.259 e. The van der Waals surface area contributed by atoms with E-state index in [1.54, 1.807) is 4.90 Å². The lowest BCUT2D eigenvalue weighted by atomic mass is 10.1. The van der Waals surface area contributed by atoms with E-state index in [1.165, 1.54) is 0 Å². The first-order chi connectivity index (χ1) is 13.6. The Morgan fingerprint density at radius 2 is 1.64 bits per heavy atom. The number of carbonyl (C=O) groups is 2. The quantitative estimate of drug-likeness (QED) is 0.701. The number of nitrogens with one attached hydrogen (secondary N) is 1. The van der Waals surface area contributed by atoms with Crippen LogP contribution in [-0.4, -0.2) is 31.4 Å². The topological polar surface area (TPSA) is 52.7 Å². The first-order valence-corrected chi connectivity index (χ1v) is 9.60. The Hall–Kier alpha value is -3.34. The highest BCUT2D eigenvalue weighted by molar-refractivity contribution is 6.26. The third kappa shape index (κ3) is 3.09. The molecule has 1 aliphatic rings. The number of hydrogen-bond donors (Lipinski definition) is 1. The van der Waals surface area contributed by atoms with E-state index in [2.05, 4.69) is 24.1 Å². The monoisotopic (exact) mass is 373 g/mol. The van der Waals surface area contributed by atoms with Crippen molar-refractivity contribution in [2.75, 3.05) is 34.8 Å². The zero-order valence-electron chi connectivity index (χ0n) is 16.1. The Balaban J connectivity index is 1.49. The summed E-state index contributed by atoms with van der Waals surface area (Å²) in [6, 6.07) is 19.3. The molecule has 1 aliphatic heterocycles. The third-order valence-electron chi connectivity index (χ3n) is 5.23. The Morgan fingerprint density at radius 3 is 2.32 bits per heavy atom. The van der Waals surface area contributed by atoms with Gasteiger partial charge in [0, 0.05) is 35.4 Å². The second kappa shape index (κ2) is 7.35.